The molecule has 0 bridgehead atoms. The molecule has 1 aromatic carbocycles. The van der Waals surface area contributed by atoms with E-state index >= 15 is 0 Å². The van der Waals surface area contributed by atoms with Gasteiger partial charge in [-0.05, 0) is 30.5 Å². The molecule has 2 aliphatic rings. The first-order chi connectivity index (χ1) is 12.1. The first kappa shape index (κ1) is 19.0. The maximum absolute atomic E-state index is 12.2. The average molecular weight is 384 g/mol. The van der Waals surface area contributed by atoms with Crippen LogP contribution in [0, 0.1) is 0 Å². The summed E-state index contributed by atoms with van der Waals surface area (Å²) in [6.07, 6.45) is 6.09. The summed E-state index contributed by atoms with van der Waals surface area (Å²) in [7, 11) is 0. The van der Waals surface area contributed by atoms with Gasteiger partial charge in [0.05, 0.1) is 6.54 Å². The first-order valence-corrected chi connectivity index (χ1v) is 10.0. The molecule has 1 amide bonds. The van der Waals surface area contributed by atoms with E-state index in [1.54, 1.807) is 6.07 Å². The highest BCUT2D eigenvalue weighted by Crippen LogP contribution is 2.22. The van der Waals surface area contributed by atoms with Crippen molar-refractivity contribution in [3.8, 4) is 0 Å². The number of carbonyl (C=O) groups excluding carboxylic acids is 1. The molecule has 1 N–H and O–H groups in total. The fraction of sp³-hybridized carbons (Fsp3) is 0.632. The molecule has 2 fully saturated rings. The van der Waals surface area contributed by atoms with Crippen LogP contribution in [0.3, 0.4) is 0 Å². The standard InChI is InChI=1S/C19H27Cl2N3O/c20-16-7-6-15(18(21)12-16)13-23-8-10-24(11-9-23)14-19(25)22-17-4-2-1-3-5-17/h6-7,12,17H,1-5,8-11,13-14H2,(H,22,25). The van der Waals surface area contributed by atoms with Gasteiger partial charge >= 0.3 is 0 Å². The Labute approximate surface area is 160 Å². The van der Waals surface area contributed by atoms with Gasteiger partial charge in [0.15, 0.2) is 0 Å². The third kappa shape index (κ3) is 5.85. The number of piperazine rings is 1. The highest BCUT2D eigenvalue weighted by Gasteiger charge is 2.21. The number of carbonyl (C=O) groups is 1. The predicted octanol–water partition coefficient (Wildman–Crippen LogP) is 3.56. The Kier molecular flexibility index (Phi) is 7.00. The molecular formula is C19H27Cl2N3O. The largest absolute Gasteiger partial charge is 0.352 e. The molecule has 6 heteroatoms. The summed E-state index contributed by atoms with van der Waals surface area (Å²) in [5, 5.41) is 4.60. The van der Waals surface area contributed by atoms with Crippen LogP contribution < -0.4 is 5.32 Å². The van der Waals surface area contributed by atoms with E-state index in [1.807, 2.05) is 12.1 Å². The molecule has 1 saturated carbocycles. The summed E-state index contributed by atoms with van der Waals surface area (Å²) >= 11 is 12.2. The number of halogens is 2. The van der Waals surface area contributed by atoms with Crippen molar-refractivity contribution in [2.24, 2.45) is 0 Å². The van der Waals surface area contributed by atoms with Crippen LogP contribution in [0.4, 0.5) is 0 Å². The third-order valence-corrected chi connectivity index (χ3v) is 5.80. The molecule has 25 heavy (non-hydrogen) atoms. The molecule has 3 rings (SSSR count). The molecular weight excluding hydrogens is 357 g/mol. The number of nitrogens with zero attached hydrogens (tertiary/aromatic N) is 2. The van der Waals surface area contributed by atoms with Crippen LogP contribution in [-0.4, -0.2) is 54.5 Å². The van der Waals surface area contributed by atoms with Gasteiger partial charge in [0, 0.05) is 48.8 Å². The zero-order chi connectivity index (χ0) is 17.6. The van der Waals surface area contributed by atoms with Gasteiger partial charge in [0.2, 0.25) is 5.91 Å². The molecule has 0 radical (unpaired) electrons. The summed E-state index contributed by atoms with van der Waals surface area (Å²) in [5.41, 5.74) is 1.11. The molecule has 4 nitrogen and oxygen atoms in total. The van der Waals surface area contributed by atoms with Crippen molar-refractivity contribution in [2.45, 2.75) is 44.7 Å². The summed E-state index contributed by atoms with van der Waals surface area (Å²) in [6.45, 7) is 5.10. The smallest absolute Gasteiger partial charge is 0.234 e. The molecule has 1 saturated heterocycles. The normalized spacial score (nSPS) is 20.6. The Bertz CT molecular complexity index is 582. The van der Waals surface area contributed by atoms with Crippen molar-refractivity contribution in [2.75, 3.05) is 32.7 Å². The molecule has 1 aliphatic carbocycles. The van der Waals surface area contributed by atoms with Crippen molar-refractivity contribution in [3.05, 3.63) is 33.8 Å². The number of hydrogen-bond acceptors (Lipinski definition) is 3. The fourth-order valence-corrected chi connectivity index (χ4v) is 4.19. The lowest BCUT2D eigenvalue weighted by Crippen LogP contribution is -2.50. The van der Waals surface area contributed by atoms with E-state index in [-0.39, 0.29) is 5.91 Å². The number of hydrogen-bond donors (Lipinski definition) is 1. The van der Waals surface area contributed by atoms with Crippen LogP contribution in [0.15, 0.2) is 18.2 Å². The van der Waals surface area contributed by atoms with Gasteiger partial charge in [-0.3, -0.25) is 14.6 Å². The van der Waals surface area contributed by atoms with E-state index in [2.05, 4.69) is 15.1 Å². The van der Waals surface area contributed by atoms with Gasteiger partial charge in [0.25, 0.3) is 0 Å². The number of amides is 1. The van der Waals surface area contributed by atoms with Gasteiger partial charge in [-0.25, -0.2) is 0 Å². The first-order valence-electron chi connectivity index (χ1n) is 9.28. The minimum absolute atomic E-state index is 0.182. The number of nitrogens with one attached hydrogen (secondary N) is 1. The Balaban J connectivity index is 1.40. The molecule has 138 valence electrons. The maximum Gasteiger partial charge on any atom is 0.234 e. The van der Waals surface area contributed by atoms with E-state index < -0.39 is 0 Å². The second-order valence-electron chi connectivity index (χ2n) is 7.19. The molecule has 1 aliphatic heterocycles. The SMILES string of the molecule is O=C(CN1CCN(Cc2ccc(Cl)cc2Cl)CC1)NC1CCCCC1. The lowest BCUT2D eigenvalue weighted by Gasteiger charge is -2.35. The Morgan fingerprint density at radius 3 is 2.40 bits per heavy atom. The Hall–Kier alpha value is -0.810. The zero-order valence-corrected chi connectivity index (χ0v) is 16.2. The number of rotatable bonds is 5. The van der Waals surface area contributed by atoms with Gasteiger partial charge in [0.1, 0.15) is 0 Å². The van der Waals surface area contributed by atoms with Gasteiger partial charge < -0.3 is 5.32 Å². The van der Waals surface area contributed by atoms with Gasteiger partial charge in [-0.2, -0.15) is 0 Å². The minimum Gasteiger partial charge on any atom is -0.352 e. The van der Waals surface area contributed by atoms with Gasteiger partial charge in [-0.15, -0.1) is 0 Å². The average Bonchev–Trinajstić information content (AvgIpc) is 2.60. The second kappa shape index (κ2) is 9.22. The predicted molar refractivity (Wildman–Crippen MR) is 103 cm³/mol. The van der Waals surface area contributed by atoms with Gasteiger partial charge in [-0.1, -0.05) is 48.5 Å². The number of benzene rings is 1. The van der Waals surface area contributed by atoms with E-state index in [0.29, 0.717) is 17.6 Å². The molecule has 0 aromatic heterocycles. The fourth-order valence-electron chi connectivity index (χ4n) is 3.72. The lowest BCUT2D eigenvalue weighted by molar-refractivity contribution is -0.123. The minimum atomic E-state index is 0.182. The highest BCUT2D eigenvalue weighted by atomic mass is 35.5. The van der Waals surface area contributed by atoms with E-state index in [1.165, 1.54) is 19.3 Å². The highest BCUT2D eigenvalue weighted by molar-refractivity contribution is 6.35. The van der Waals surface area contributed by atoms with E-state index in [4.69, 9.17) is 23.2 Å². The summed E-state index contributed by atoms with van der Waals surface area (Å²) in [4.78, 5) is 16.9. The molecule has 0 unspecified atom stereocenters. The van der Waals surface area contributed by atoms with E-state index in [0.717, 1.165) is 56.2 Å². The second-order valence-corrected chi connectivity index (χ2v) is 8.03. The molecule has 1 heterocycles. The van der Waals surface area contributed by atoms with Crippen molar-refractivity contribution >= 4 is 29.1 Å². The molecule has 0 spiro atoms. The monoisotopic (exact) mass is 383 g/mol. The lowest BCUT2D eigenvalue weighted by atomic mass is 9.95. The van der Waals surface area contributed by atoms with Crippen molar-refractivity contribution in [1.29, 1.82) is 0 Å². The Morgan fingerprint density at radius 2 is 1.72 bits per heavy atom. The van der Waals surface area contributed by atoms with Crippen molar-refractivity contribution < 1.29 is 4.79 Å². The summed E-state index contributed by atoms with van der Waals surface area (Å²) in [6, 6.07) is 6.07. The van der Waals surface area contributed by atoms with Crippen LogP contribution in [-0.2, 0) is 11.3 Å². The van der Waals surface area contributed by atoms with E-state index in [9.17, 15) is 4.79 Å². The van der Waals surface area contributed by atoms with Crippen LogP contribution >= 0.6 is 23.2 Å². The van der Waals surface area contributed by atoms with Crippen molar-refractivity contribution in [3.63, 3.8) is 0 Å². The van der Waals surface area contributed by atoms with Crippen LogP contribution in [0.1, 0.15) is 37.7 Å². The maximum atomic E-state index is 12.2. The van der Waals surface area contributed by atoms with Crippen molar-refractivity contribution in [1.82, 2.24) is 15.1 Å². The Morgan fingerprint density at radius 1 is 1.04 bits per heavy atom. The zero-order valence-electron chi connectivity index (χ0n) is 14.6. The topological polar surface area (TPSA) is 35.6 Å². The summed E-state index contributed by atoms with van der Waals surface area (Å²) < 4.78 is 0. The van der Waals surface area contributed by atoms with Crippen LogP contribution in [0.5, 0.6) is 0 Å². The van der Waals surface area contributed by atoms with Crippen LogP contribution in [0.25, 0.3) is 0 Å². The summed E-state index contributed by atoms with van der Waals surface area (Å²) in [5.74, 6) is 0.182. The molecule has 1 aromatic rings. The third-order valence-electron chi connectivity index (χ3n) is 5.21. The van der Waals surface area contributed by atoms with Crippen LogP contribution in [0.2, 0.25) is 10.0 Å². The molecule has 0 atom stereocenters. The quantitative estimate of drug-likeness (QED) is 0.843.